The predicted octanol–water partition coefficient (Wildman–Crippen LogP) is 2.61. The predicted molar refractivity (Wildman–Crippen MR) is 70.8 cm³/mol. The topological polar surface area (TPSA) is 32.3 Å². The molecule has 0 aromatic heterocycles. The second-order valence-corrected chi connectivity index (χ2v) is 4.01. The monoisotopic (exact) mass is 227 g/mol. The molecule has 2 aromatic carbocycles. The van der Waals surface area contributed by atoms with E-state index in [4.69, 9.17) is 0 Å². The first kappa shape index (κ1) is 11.8. The molecule has 0 aliphatic carbocycles. The molecule has 0 amide bonds. The quantitative estimate of drug-likeness (QED) is 0.841. The lowest BCUT2D eigenvalue weighted by molar-refractivity contribution is 0.251. The third-order valence-corrected chi connectivity index (χ3v) is 2.95. The lowest BCUT2D eigenvalue weighted by Gasteiger charge is -2.13. The molecule has 0 fully saturated rings. The van der Waals surface area contributed by atoms with Gasteiger partial charge in [0.15, 0.2) is 0 Å². The highest BCUT2D eigenvalue weighted by molar-refractivity contribution is 5.63. The smallest absolute Gasteiger partial charge is 0.0626 e. The number of nitrogens with one attached hydrogen (secondary N) is 1. The minimum absolute atomic E-state index is 0.0137. The zero-order valence-electron chi connectivity index (χ0n) is 9.93. The Morgan fingerprint density at radius 1 is 0.941 bits per heavy atom. The van der Waals surface area contributed by atoms with Gasteiger partial charge in [-0.05, 0) is 23.7 Å². The van der Waals surface area contributed by atoms with Crippen LogP contribution in [0.2, 0.25) is 0 Å². The standard InChI is InChI=1S/C15H17NO/c1-16-15(11-17)14-9-7-13(8-10-14)12-5-3-2-4-6-12/h2-10,15-17H,11H2,1H3. The van der Waals surface area contributed by atoms with E-state index in [1.807, 2.05) is 25.2 Å². The summed E-state index contributed by atoms with van der Waals surface area (Å²) in [6, 6.07) is 18.6. The highest BCUT2D eigenvalue weighted by Crippen LogP contribution is 2.21. The molecule has 0 radical (unpaired) electrons. The summed E-state index contributed by atoms with van der Waals surface area (Å²) in [6.45, 7) is 0.112. The van der Waals surface area contributed by atoms with Crippen molar-refractivity contribution in [1.82, 2.24) is 5.32 Å². The highest BCUT2D eigenvalue weighted by atomic mass is 16.3. The van der Waals surface area contributed by atoms with Crippen molar-refractivity contribution in [2.24, 2.45) is 0 Å². The van der Waals surface area contributed by atoms with Crippen molar-refractivity contribution in [3.63, 3.8) is 0 Å². The van der Waals surface area contributed by atoms with E-state index in [-0.39, 0.29) is 12.6 Å². The maximum absolute atomic E-state index is 9.20. The fraction of sp³-hybridized carbons (Fsp3) is 0.200. The molecule has 0 bridgehead atoms. The molecule has 2 heteroatoms. The summed E-state index contributed by atoms with van der Waals surface area (Å²) in [6.07, 6.45) is 0. The van der Waals surface area contributed by atoms with Crippen molar-refractivity contribution >= 4 is 0 Å². The second kappa shape index (κ2) is 5.62. The number of likely N-dealkylation sites (N-methyl/N-ethyl adjacent to an activating group) is 1. The molecule has 0 saturated heterocycles. The van der Waals surface area contributed by atoms with E-state index in [1.54, 1.807) is 0 Å². The van der Waals surface area contributed by atoms with Gasteiger partial charge in [-0.15, -0.1) is 0 Å². The summed E-state index contributed by atoms with van der Waals surface area (Å²) >= 11 is 0. The fourth-order valence-electron chi connectivity index (χ4n) is 1.90. The molecule has 2 aromatic rings. The Balaban J connectivity index is 2.24. The Kier molecular flexibility index (Phi) is 3.91. The fourth-order valence-corrected chi connectivity index (χ4v) is 1.90. The maximum Gasteiger partial charge on any atom is 0.0626 e. The van der Waals surface area contributed by atoms with E-state index in [0.717, 1.165) is 5.56 Å². The first-order chi connectivity index (χ1) is 8.35. The van der Waals surface area contributed by atoms with Crippen LogP contribution in [-0.4, -0.2) is 18.8 Å². The van der Waals surface area contributed by atoms with Gasteiger partial charge in [-0.3, -0.25) is 0 Å². The summed E-state index contributed by atoms with van der Waals surface area (Å²) < 4.78 is 0. The van der Waals surface area contributed by atoms with Crippen LogP contribution in [0.4, 0.5) is 0 Å². The summed E-state index contributed by atoms with van der Waals surface area (Å²) in [5.74, 6) is 0. The van der Waals surface area contributed by atoms with Gasteiger partial charge in [0.1, 0.15) is 0 Å². The Morgan fingerprint density at radius 3 is 2.06 bits per heavy atom. The first-order valence-corrected chi connectivity index (χ1v) is 5.78. The normalized spacial score (nSPS) is 12.4. The van der Waals surface area contributed by atoms with Gasteiger partial charge in [0.25, 0.3) is 0 Å². The van der Waals surface area contributed by atoms with Gasteiger partial charge in [0.05, 0.1) is 12.6 Å². The molecular weight excluding hydrogens is 210 g/mol. The van der Waals surface area contributed by atoms with Crippen LogP contribution in [0.1, 0.15) is 11.6 Å². The van der Waals surface area contributed by atoms with Crippen LogP contribution in [0.5, 0.6) is 0 Å². The van der Waals surface area contributed by atoms with Crippen LogP contribution < -0.4 is 5.32 Å². The van der Waals surface area contributed by atoms with E-state index in [9.17, 15) is 5.11 Å². The van der Waals surface area contributed by atoms with E-state index < -0.39 is 0 Å². The van der Waals surface area contributed by atoms with Crippen LogP contribution >= 0.6 is 0 Å². The number of hydrogen-bond acceptors (Lipinski definition) is 2. The van der Waals surface area contributed by atoms with E-state index >= 15 is 0 Å². The molecule has 2 nitrogen and oxygen atoms in total. The molecule has 0 aliphatic rings. The van der Waals surface area contributed by atoms with Crippen LogP contribution in [0.25, 0.3) is 11.1 Å². The summed E-state index contributed by atoms with van der Waals surface area (Å²) in [5, 5.41) is 12.3. The van der Waals surface area contributed by atoms with Crippen LogP contribution in [-0.2, 0) is 0 Å². The highest BCUT2D eigenvalue weighted by Gasteiger charge is 2.06. The SMILES string of the molecule is CNC(CO)c1ccc(-c2ccccc2)cc1. The van der Waals surface area contributed by atoms with Crippen molar-refractivity contribution in [3.05, 3.63) is 60.2 Å². The maximum atomic E-state index is 9.20. The first-order valence-electron chi connectivity index (χ1n) is 5.78. The van der Waals surface area contributed by atoms with Gasteiger partial charge < -0.3 is 10.4 Å². The number of benzene rings is 2. The van der Waals surface area contributed by atoms with Gasteiger partial charge >= 0.3 is 0 Å². The van der Waals surface area contributed by atoms with Gasteiger partial charge in [-0.1, -0.05) is 54.6 Å². The Labute approximate surface area is 102 Å². The summed E-state index contributed by atoms with van der Waals surface area (Å²) in [4.78, 5) is 0. The molecule has 2 rings (SSSR count). The van der Waals surface area contributed by atoms with Crippen LogP contribution in [0.15, 0.2) is 54.6 Å². The lowest BCUT2D eigenvalue weighted by atomic mass is 10.0. The zero-order chi connectivity index (χ0) is 12.1. The average molecular weight is 227 g/mol. The average Bonchev–Trinajstić information content (AvgIpc) is 2.42. The Bertz CT molecular complexity index is 446. The molecule has 2 N–H and O–H groups in total. The molecule has 0 saturated carbocycles. The molecule has 0 aliphatic heterocycles. The molecule has 0 spiro atoms. The minimum Gasteiger partial charge on any atom is -0.394 e. The van der Waals surface area contributed by atoms with Crippen molar-refractivity contribution in [2.75, 3.05) is 13.7 Å². The number of aliphatic hydroxyl groups excluding tert-OH is 1. The molecule has 88 valence electrons. The lowest BCUT2D eigenvalue weighted by Crippen LogP contribution is -2.19. The minimum atomic E-state index is 0.0137. The second-order valence-electron chi connectivity index (χ2n) is 4.01. The van der Waals surface area contributed by atoms with Crippen molar-refractivity contribution in [2.45, 2.75) is 6.04 Å². The Hall–Kier alpha value is -1.64. The summed E-state index contributed by atoms with van der Waals surface area (Å²) in [5.41, 5.74) is 3.51. The van der Waals surface area contributed by atoms with E-state index in [2.05, 4.69) is 41.7 Å². The van der Waals surface area contributed by atoms with Gasteiger partial charge in [-0.2, -0.15) is 0 Å². The third-order valence-electron chi connectivity index (χ3n) is 2.95. The number of hydrogen-bond donors (Lipinski definition) is 2. The molecule has 17 heavy (non-hydrogen) atoms. The zero-order valence-corrected chi connectivity index (χ0v) is 9.93. The third kappa shape index (κ3) is 2.73. The van der Waals surface area contributed by atoms with Gasteiger partial charge in [0.2, 0.25) is 0 Å². The van der Waals surface area contributed by atoms with Crippen LogP contribution in [0, 0.1) is 0 Å². The molecular formula is C15H17NO. The van der Waals surface area contributed by atoms with E-state index in [1.165, 1.54) is 11.1 Å². The van der Waals surface area contributed by atoms with Gasteiger partial charge in [-0.25, -0.2) is 0 Å². The molecule has 1 atom stereocenters. The molecule has 1 unspecified atom stereocenters. The summed E-state index contributed by atoms with van der Waals surface area (Å²) in [7, 11) is 1.85. The number of aliphatic hydroxyl groups is 1. The van der Waals surface area contributed by atoms with E-state index in [0.29, 0.717) is 0 Å². The van der Waals surface area contributed by atoms with Crippen LogP contribution in [0.3, 0.4) is 0 Å². The van der Waals surface area contributed by atoms with Crippen molar-refractivity contribution < 1.29 is 5.11 Å². The Morgan fingerprint density at radius 2 is 1.53 bits per heavy atom. The van der Waals surface area contributed by atoms with Crippen molar-refractivity contribution in [3.8, 4) is 11.1 Å². The molecule has 0 heterocycles. The van der Waals surface area contributed by atoms with Gasteiger partial charge in [0, 0.05) is 0 Å². The van der Waals surface area contributed by atoms with Crippen molar-refractivity contribution in [1.29, 1.82) is 0 Å². The largest absolute Gasteiger partial charge is 0.394 e. The number of rotatable bonds is 4.